The summed E-state index contributed by atoms with van der Waals surface area (Å²) in [5.74, 6) is -0.00538. The Balaban J connectivity index is 2.53. The molecule has 0 saturated heterocycles. The van der Waals surface area contributed by atoms with E-state index in [-0.39, 0.29) is 24.5 Å². The van der Waals surface area contributed by atoms with Crippen molar-refractivity contribution in [2.24, 2.45) is 11.8 Å². The zero-order chi connectivity index (χ0) is 15.0. The number of nitrogens with one attached hydrogen (secondary N) is 1. The van der Waals surface area contributed by atoms with Crippen molar-refractivity contribution in [3.63, 3.8) is 0 Å². The molecule has 1 rings (SSSR count). The molecule has 1 saturated carbocycles. The molecular weight excluding hydrogens is 258 g/mol. The molecule has 5 nitrogen and oxygen atoms in total. The number of alkyl carbamates (subject to hydrolysis) is 1. The monoisotopic (exact) mass is 285 g/mol. The summed E-state index contributed by atoms with van der Waals surface area (Å²) in [6.45, 7) is 5.96. The van der Waals surface area contributed by atoms with E-state index >= 15 is 0 Å². The molecule has 0 aromatic carbocycles. The van der Waals surface area contributed by atoms with E-state index in [2.05, 4.69) is 5.32 Å². The molecule has 20 heavy (non-hydrogen) atoms. The van der Waals surface area contributed by atoms with Gasteiger partial charge in [0.2, 0.25) is 0 Å². The molecule has 1 amide bonds. The summed E-state index contributed by atoms with van der Waals surface area (Å²) < 4.78 is 10.2. The first-order chi connectivity index (χ1) is 9.54. The van der Waals surface area contributed by atoms with Crippen LogP contribution >= 0.6 is 0 Å². The Bertz CT molecular complexity index is 311. The van der Waals surface area contributed by atoms with Gasteiger partial charge in [0, 0.05) is 0 Å². The number of amides is 1. The molecule has 1 atom stereocenters. The fraction of sp³-hybridized carbons (Fsp3) is 0.867. The first-order valence-corrected chi connectivity index (χ1v) is 7.64. The molecule has 116 valence electrons. The molecule has 0 spiro atoms. The van der Waals surface area contributed by atoms with Gasteiger partial charge in [-0.15, -0.1) is 0 Å². The zero-order valence-corrected chi connectivity index (χ0v) is 12.8. The van der Waals surface area contributed by atoms with Crippen molar-refractivity contribution in [3.05, 3.63) is 0 Å². The normalized spacial score (nSPS) is 17.6. The molecule has 1 N–H and O–H groups in total. The smallest absolute Gasteiger partial charge is 0.407 e. The molecule has 1 aliphatic carbocycles. The number of carbonyl (C=O) groups excluding carboxylic acids is 2. The van der Waals surface area contributed by atoms with Gasteiger partial charge in [-0.05, 0) is 25.7 Å². The van der Waals surface area contributed by atoms with E-state index in [1.807, 2.05) is 0 Å². The van der Waals surface area contributed by atoms with Crippen LogP contribution in [-0.2, 0) is 14.3 Å². The van der Waals surface area contributed by atoms with Crippen LogP contribution in [0.5, 0.6) is 0 Å². The van der Waals surface area contributed by atoms with Gasteiger partial charge in [0.25, 0.3) is 0 Å². The lowest BCUT2D eigenvalue weighted by Crippen LogP contribution is -2.45. The molecule has 5 heteroatoms. The molecule has 0 bridgehead atoms. The lowest BCUT2D eigenvalue weighted by molar-refractivity contribution is -0.148. The van der Waals surface area contributed by atoms with Gasteiger partial charge in [-0.3, -0.25) is 4.79 Å². The van der Waals surface area contributed by atoms with Crippen molar-refractivity contribution in [1.82, 2.24) is 5.32 Å². The maximum absolute atomic E-state index is 11.6. The lowest BCUT2D eigenvalue weighted by Gasteiger charge is -2.30. The number of hydrogen-bond acceptors (Lipinski definition) is 4. The van der Waals surface area contributed by atoms with Crippen LogP contribution in [0.4, 0.5) is 4.79 Å². The molecule has 0 aromatic rings. The Morgan fingerprint density at radius 3 is 2.35 bits per heavy atom. The second kappa shape index (κ2) is 8.82. The predicted octanol–water partition coefficient (Wildman–Crippen LogP) is 2.88. The fourth-order valence-electron chi connectivity index (χ4n) is 2.49. The molecule has 0 aromatic heterocycles. The van der Waals surface area contributed by atoms with Crippen LogP contribution in [0.25, 0.3) is 0 Å². The van der Waals surface area contributed by atoms with Crippen LogP contribution in [0.15, 0.2) is 0 Å². The van der Waals surface area contributed by atoms with Crippen LogP contribution in [0, 0.1) is 11.8 Å². The third kappa shape index (κ3) is 5.80. The Morgan fingerprint density at radius 2 is 1.80 bits per heavy atom. The van der Waals surface area contributed by atoms with Crippen molar-refractivity contribution in [2.75, 3.05) is 13.2 Å². The van der Waals surface area contributed by atoms with Gasteiger partial charge in [0.05, 0.1) is 18.6 Å². The lowest BCUT2D eigenvalue weighted by atomic mass is 9.84. The number of ether oxygens (including phenoxy) is 2. The van der Waals surface area contributed by atoms with Crippen LogP contribution in [0.2, 0.25) is 0 Å². The first kappa shape index (κ1) is 16.8. The molecular formula is C15H27NO4. The Morgan fingerprint density at radius 1 is 1.15 bits per heavy atom. The molecule has 0 aliphatic heterocycles. The minimum Gasteiger partial charge on any atom is -0.463 e. The van der Waals surface area contributed by atoms with Crippen molar-refractivity contribution < 1.29 is 19.1 Å². The summed E-state index contributed by atoms with van der Waals surface area (Å²) in [5.41, 5.74) is 0. The summed E-state index contributed by atoms with van der Waals surface area (Å²) in [6, 6.07) is -0.142. The van der Waals surface area contributed by atoms with Crippen molar-refractivity contribution >= 4 is 12.1 Å². The highest BCUT2D eigenvalue weighted by molar-refractivity contribution is 5.71. The van der Waals surface area contributed by atoms with Crippen molar-refractivity contribution in [2.45, 2.75) is 58.9 Å². The second-order valence-electron chi connectivity index (χ2n) is 5.65. The topological polar surface area (TPSA) is 64.6 Å². The third-order valence-corrected chi connectivity index (χ3v) is 3.67. The maximum atomic E-state index is 11.6. The second-order valence-corrected chi connectivity index (χ2v) is 5.65. The van der Waals surface area contributed by atoms with Crippen LogP contribution < -0.4 is 5.32 Å². The van der Waals surface area contributed by atoms with Crippen LogP contribution in [0.1, 0.15) is 52.9 Å². The van der Waals surface area contributed by atoms with E-state index in [9.17, 15) is 9.59 Å². The molecule has 0 heterocycles. The summed E-state index contributed by atoms with van der Waals surface area (Å²) >= 11 is 0. The number of rotatable bonds is 6. The molecule has 0 unspecified atom stereocenters. The van der Waals surface area contributed by atoms with Crippen LogP contribution in [0.3, 0.4) is 0 Å². The van der Waals surface area contributed by atoms with E-state index in [0.717, 1.165) is 12.8 Å². The zero-order valence-electron chi connectivity index (χ0n) is 12.8. The predicted molar refractivity (Wildman–Crippen MR) is 76.3 cm³/mol. The summed E-state index contributed by atoms with van der Waals surface area (Å²) in [7, 11) is 0. The van der Waals surface area contributed by atoms with Gasteiger partial charge >= 0.3 is 12.1 Å². The SMILES string of the molecule is CCOC(=O)N[C@@H](COC(=O)C(C)C)C1CCCCC1. The summed E-state index contributed by atoms with van der Waals surface area (Å²) in [6.07, 6.45) is 5.29. The van der Waals surface area contributed by atoms with Crippen molar-refractivity contribution in [3.8, 4) is 0 Å². The van der Waals surface area contributed by atoms with E-state index in [1.54, 1.807) is 20.8 Å². The van der Waals surface area contributed by atoms with Gasteiger partial charge in [0.1, 0.15) is 6.61 Å². The summed E-state index contributed by atoms with van der Waals surface area (Å²) in [5, 5.41) is 2.84. The van der Waals surface area contributed by atoms with Gasteiger partial charge in [0.15, 0.2) is 0 Å². The maximum Gasteiger partial charge on any atom is 0.407 e. The Hall–Kier alpha value is -1.26. The van der Waals surface area contributed by atoms with E-state index < -0.39 is 6.09 Å². The highest BCUT2D eigenvalue weighted by Gasteiger charge is 2.27. The average Bonchev–Trinajstić information content (AvgIpc) is 2.44. The average molecular weight is 285 g/mol. The van der Waals surface area contributed by atoms with E-state index in [0.29, 0.717) is 12.5 Å². The van der Waals surface area contributed by atoms with Gasteiger partial charge in [-0.25, -0.2) is 4.79 Å². The Kier molecular flexibility index (Phi) is 7.41. The number of esters is 1. The van der Waals surface area contributed by atoms with Gasteiger partial charge < -0.3 is 14.8 Å². The summed E-state index contributed by atoms with van der Waals surface area (Å²) in [4.78, 5) is 23.2. The van der Waals surface area contributed by atoms with Crippen LogP contribution in [-0.4, -0.2) is 31.3 Å². The molecule has 0 radical (unpaired) electrons. The van der Waals surface area contributed by atoms with E-state index in [1.165, 1.54) is 19.3 Å². The Labute approximate surface area is 121 Å². The minimum absolute atomic E-state index is 0.142. The first-order valence-electron chi connectivity index (χ1n) is 7.64. The fourth-order valence-corrected chi connectivity index (χ4v) is 2.49. The number of carbonyl (C=O) groups is 2. The van der Waals surface area contributed by atoms with Gasteiger partial charge in [-0.1, -0.05) is 33.1 Å². The largest absolute Gasteiger partial charge is 0.463 e. The standard InChI is InChI=1S/C15H27NO4/c1-4-19-15(18)16-13(10-20-14(17)11(2)3)12-8-6-5-7-9-12/h11-13H,4-10H2,1-3H3,(H,16,18)/t13-/m0/s1. The third-order valence-electron chi connectivity index (χ3n) is 3.67. The number of hydrogen-bond donors (Lipinski definition) is 1. The minimum atomic E-state index is -0.427. The quantitative estimate of drug-likeness (QED) is 0.762. The molecule has 1 fully saturated rings. The highest BCUT2D eigenvalue weighted by atomic mass is 16.6. The highest BCUT2D eigenvalue weighted by Crippen LogP contribution is 2.26. The van der Waals surface area contributed by atoms with Gasteiger partial charge in [-0.2, -0.15) is 0 Å². The molecule has 1 aliphatic rings. The van der Waals surface area contributed by atoms with E-state index in [4.69, 9.17) is 9.47 Å². The van der Waals surface area contributed by atoms with Crippen molar-refractivity contribution in [1.29, 1.82) is 0 Å².